The standard InChI is InChI=1S/C24H25FN2O/c1-16-5-4-6-18(11-16)23(28)14-24(3)13-19-15-26-27(22(19)12-17(24)2)21-9-7-20(25)8-10-21/h4-12,15,23,28H,13-14H2,1-3H3. The Bertz CT molecular complexity index is 1040. The summed E-state index contributed by atoms with van der Waals surface area (Å²) in [6, 6.07) is 14.4. The van der Waals surface area contributed by atoms with Gasteiger partial charge in [0, 0.05) is 0 Å². The second kappa shape index (κ2) is 7.02. The van der Waals surface area contributed by atoms with Gasteiger partial charge in [0.1, 0.15) is 5.82 Å². The van der Waals surface area contributed by atoms with E-state index in [4.69, 9.17) is 0 Å². The third-order valence-corrected chi connectivity index (χ3v) is 5.91. The number of aryl methyl sites for hydroxylation is 1. The van der Waals surface area contributed by atoms with Gasteiger partial charge in [0.05, 0.1) is 23.7 Å². The van der Waals surface area contributed by atoms with Crippen molar-refractivity contribution in [2.45, 2.75) is 39.7 Å². The fraction of sp³-hybridized carbons (Fsp3) is 0.292. The van der Waals surface area contributed by atoms with Crippen LogP contribution >= 0.6 is 0 Å². The van der Waals surface area contributed by atoms with Gasteiger partial charge in [-0.3, -0.25) is 0 Å². The van der Waals surface area contributed by atoms with Gasteiger partial charge >= 0.3 is 0 Å². The Labute approximate surface area is 165 Å². The minimum absolute atomic E-state index is 0.146. The maximum atomic E-state index is 13.3. The molecule has 144 valence electrons. The fourth-order valence-corrected chi connectivity index (χ4v) is 4.06. The molecule has 0 bridgehead atoms. The first-order chi connectivity index (χ1) is 13.4. The Morgan fingerprint density at radius 1 is 1.18 bits per heavy atom. The maximum Gasteiger partial charge on any atom is 0.123 e. The molecule has 0 saturated heterocycles. The van der Waals surface area contributed by atoms with Crippen LogP contribution in [0, 0.1) is 18.2 Å². The van der Waals surface area contributed by atoms with Crippen LogP contribution in [0.4, 0.5) is 4.39 Å². The molecule has 1 heterocycles. The van der Waals surface area contributed by atoms with Crippen LogP contribution in [0.1, 0.15) is 48.8 Å². The minimum atomic E-state index is -0.512. The zero-order valence-electron chi connectivity index (χ0n) is 16.5. The summed E-state index contributed by atoms with van der Waals surface area (Å²) in [5.74, 6) is -0.255. The van der Waals surface area contributed by atoms with Crippen LogP contribution < -0.4 is 0 Å². The number of allylic oxidation sites excluding steroid dienone is 1. The number of aliphatic hydroxyl groups excluding tert-OH is 1. The van der Waals surface area contributed by atoms with Gasteiger partial charge in [-0.05, 0) is 73.6 Å². The zero-order valence-corrected chi connectivity index (χ0v) is 16.5. The van der Waals surface area contributed by atoms with Gasteiger partial charge in [0.15, 0.2) is 0 Å². The molecule has 4 rings (SSSR count). The first-order valence-electron chi connectivity index (χ1n) is 9.62. The molecular formula is C24H25FN2O. The number of hydrogen-bond donors (Lipinski definition) is 1. The van der Waals surface area contributed by atoms with Crippen molar-refractivity contribution in [2.24, 2.45) is 5.41 Å². The molecule has 1 N–H and O–H groups in total. The van der Waals surface area contributed by atoms with Crippen molar-refractivity contribution in [3.63, 3.8) is 0 Å². The van der Waals surface area contributed by atoms with E-state index in [1.54, 1.807) is 12.1 Å². The van der Waals surface area contributed by atoms with Gasteiger partial charge in [-0.25, -0.2) is 9.07 Å². The Balaban J connectivity index is 1.62. The Morgan fingerprint density at radius 3 is 2.64 bits per heavy atom. The van der Waals surface area contributed by atoms with E-state index in [1.165, 1.54) is 17.7 Å². The Hall–Kier alpha value is -2.72. The van der Waals surface area contributed by atoms with Crippen LogP contribution in [0.25, 0.3) is 11.8 Å². The lowest BCUT2D eigenvalue weighted by Crippen LogP contribution is -2.27. The predicted octanol–water partition coefficient (Wildman–Crippen LogP) is 5.41. The molecule has 1 aromatic heterocycles. The van der Waals surface area contributed by atoms with E-state index in [9.17, 15) is 9.50 Å². The molecule has 3 aromatic rings. The SMILES string of the molecule is CC1=Cc2c(cnn2-c2ccc(F)cc2)CC1(C)CC(O)c1cccc(C)c1. The van der Waals surface area contributed by atoms with E-state index >= 15 is 0 Å². The zero-order chi connectivity index (χ0) is 19.9. The van der Waals surface area contributed by atoms with E-state index in [0.29, 0.717) is 6.42 Å². The van der Waals surface area contributed by atoms with Crippen molar-refractivity contribution in [3.8, 4) is 5.69 Å². The van der Waals surface area contributed by atoms with E-state index in [-0.39, 0.29) is 11.2 Å². The van der Waals surface area contributed by atoms with Crippen LogP contribution in [0.3, 0.4) is 0 Å². The highest BCUT2D eigenvalue weighted by atomic mass is 19.1. The molecule has 1 aliphatic rings. The maximum absolute atomic E-state index is 13.3. The van der Waals surface area contributed by atoms with Crippen molar-refractivity contribution in [3.05, 3.63) is 88.5 Å². The lowest BCUT2D eigenvalue weighted by molar-refractivity contribution is 0.121. The molecule has 2 aromatic carbocycles. The molecule has 0 amide bonds. The highest BCUT2D eigenvalue weighted by Crippen LogP contribution is 2.44. The molecule has 3 nitrogen and oxygen atoms in total. The third-order valence-electron chi connectivity index (χ3n) is 5.91. The summed E-state index contributed by atoms with van der Waals surface area (Å²) in [6.45, 7) is 6.36. The van der Waals surface area contributed by atoms with Gasteiger partial charge in [-0.2, -0.15) is 5.10 Å². The normalized spacial score (nSPS) is 19.8. The second-order valence-corrected chi connectivity index (χ2v) is 8.14. The third kappa shape index (κ3) is 3.40. The molecule has 2 unspecified atom stereocenters. The average molecular weight is 376 g/mol. The van der Waals surface area contributed by atoms with Crippen LogP contribution in [-0.2, 0) is 6.42 Å². The smallest absolute Gasteiger partial charge is 0.123 e. The van der Waals surface area contributed by atoms with Crippen molar-refractivity contribution < 1.29 is 9.50 Å². The predicted molar refractivity (Wildman–Crippen MR) is 110 cm³/mol. The van der Waals surface area contributed by atoms with Crippen LogP contribution in [-0.4, -0.2) is 14.9 Å². The molecule has 0 radical (unpaired) electrons. The molecular weight excluding hydrogens is 351 g/mol. The molecule has 4 heteroatoms. The van der Waals surface area contributed by atoms with Gasteiger partial charge in [0.25, 0.3) is 0 Å². The number of aliphatic hydroxyl groups is 1. The summed E-state index contributed by atoms with van der Waals surface area (Å²) in [5.41, 5.74) is 6.21. The number of hydrogen-bond acceptors (Lipinski definition) is 2. The number of benzene rings is 2. The number of aromatic nitrogens is 2. The summed E-state index contributed by atoms with van der Waals surface area (Å²) < 4.78 is 15.1. The molecule has 28 heavy (non-hydrogen) atoms. The average Bonchev–Trinajstić information content (AvgIpc) is 3.05. The summed E-state index contributed by atoms with van der Waals surface area (Å²) in [5, 5.41) is 15.4. The molecule has 2 atom stereocenters. The summed E-state index contributed by atoms with van der Waals surface area (Å²) >= 11 is 0. The van der Waals surface area contributed by atoms with E-state index in [1.807, 2.05) is 42.1 Å². The fourth-order valence-electron chi connectivity index (χ4n) is 4.06. The highest BCUT2D eigenvalue weighted by molar-refractivity contribution is 5.60. The summed E-state index contributed by atoms with van der Waals surface area (Å²) in [7, 11) is 0. The van der Waals surface area contributed by atoms with E-state index in [0.717, 1.165) is 34.5 Å². The summed E-state index contributed by atoms with van der Waals surface area (Å²) in [4.78, 5) is 0. The topological polar surface area (TPSA) is 38.0 Å². The lowest BCUT2D eigenvalue weighted by atomic mass is 9.70. The quantitative estimate of drug-likeness (QED) is 0.661. The van der Waals surface area contributed by atoms with Gasteiger partial charge in [0.2, 0.25) is 0 Å². The van der Waals surface area contributed by atoms with Crippen molar-refractivity contribution >= 4 is 6.08 Å². The molecule has 0 saturated carbocycles. The second-order valence-electron chi connectivity index (χ2n) is 8.14. The van der Waals surface area contributed by atoms with Crippen LogP contribution in [0.2, 0.25) is 0 Å². The minimum Gasteiger partial charge on any atom is -0.388 e. The largest absolute Gasteiger partial charge is 0.388 e. The highest BCUT2D eigenvalue weighted by Gasteiger charge is 2.35. The summed E-state index contributed by atoms with van der Waals surface area (Å²) in [6.07, 6.45) is 4.99. The molecule has 1 aliphatic carbocycles. The monoisotopic (exact) mass is 376 g/mol. The number of nitrogens with zero attached hydrogens (tertiary/aromatic N) is 2. The first kappa shape index (κ1) is 18.6. The van der Waals surface area contributed by atoms with Gasteiger partial charge in [-0.15, -0.1) is 0 Å². The molecule has 0 fully saturated rings. The van der Waals surface area contributed by atoms with Crippen molar-refractivity contribution in [1.82, 2.24) is 9.78 Å². The number of fused-ring (bicyclic) bond motifs is 1. The van der Waals surface area contributed by atoms with Crippen molar-refractivity contribution in [1.29, 1.82) is 0 Å². The van der Waals surface area contributed by atoms with E-state index in [2.05, 4.69) is 25.0 Å². The Morgan fingerprint density at radius 2 is 1.93 bits per heavy atom. The number of rotatable bonds is 4. The van der Waals surface area contributed by atoms with Crippen LogP contribution in [0.15, 0.2) is 60.3 Å². The Kier molecular flexibility index (Phi) is 4.68. The number of halogens is 1. The van der Waals surface area contributed by atoms with Gasteiger partial charge in [-0.1, -0.05) is 42.3 Å². The molecule has 0 spiro atoms. The molecule has 0 aliphatic heterocycles. The first-order valence-corrected chi connectivity index (χ1v) is 9.62. The van der Waals surface area contributed by atoms with E-state index < -0.39 is 6.10 Å². The van der Waals surface area contributed by atoms with Crippen LogP contribution in [0.5, 0.6) is 0 Å². The van der Waals surface area contributed by atoms with Gasteiger partial charge < -0.3 is 5.11 Å². The lowest BCUT2D eigenvalue weighted by Gasteiger charge is -2.36. The van der Waals surface area contributed by atoms with Crippen molar-refractivity contribution in [2.75, 3.05) is 0 Å².